The van der Waals surface area contributed by atoms with Crippen molar-refractivity contribution in [1.29, 1.82) is 0 Å². The van der Waals surface area contributed by atoms with Crippen molar-refractivity contribution in [3.8, 4) is 0 Å². The summed E-state index contributed by atoms with van der Waals surface area (Å²) < 4.78 is 22.0. The average molecular weight is 188 g/mol. The van der Waals surface area contributed by atoms with Crippen LogP contribution in [-0.2, 0) is 18.9 Å². The van der Waals surface area contributed by atoms with Crippen LogP contribution in [0.5, 0.6) is 0 Å². The summed E-state index contributed by atoms with van der Waals surface area (Å²) in [4.78, 5) is 0. The first-order valence-electron chi connectivity index (χ1n) is 4.57. The van der Waals surface area contributed by atoms with Gasteiger partial charge in [-0.25, -0.2) is 0 Å². The number of methoxy groups -OCH3 is 1. The van der Waals surface area contributed by atoms with E-state index in [0.29, 0.717) is 0 Å². The molecule has 0 aromatic carbocycles. The second kappa shape index (κ2) is 2.92. The van der Waals surface area contributed by atoms with Crippen molar-refractivity contribution in [2.75, 3.05) is 7.11 Å². The average Bonchev–Trinajstić information content (AvgIpc) is 2.47. The van der Waals surface area contributed by atoms with Gasteiger partial charge in [0, 0.05) is 7.11 Å². The van der Waals surface area contributed by atoms with Gasteiger partial charge in [-0.2, -0.15) is 0 Å². The minimum Gasteiger partial charge on any atom is -0.353 e. The maximum atomic E-state index is 5.69. The van der Waals surface area contributed by atoms with E-state index >= 15 is 0 Å². The maximum absolute atomic E-state index is 5.69. The fourth-order valence-corrected chi connectivity index (χ4v) is 1.95. The molecule has 2 fully saturated rings. The molecule has 0 N–H and O–H groups in total. The molecule has 0 radical (unpaired) electrons. The summed E-state index contributed by atoms with van der Waals surface area (Å²) in [6.07, 6.45) is -0.339. The lowest BCUT2D eigenvalue weighted by atomic mass is 10.2. The molecule has 76 valence electrons. The molecule has 0 aromatic rings. The van der Waals surface area contributed by atoms with Crippen molar-refractivity contribution in [2.45, 2.75) is 51.2 Å². The van der Waals surface area contributed by atoms with Crippen molar-refractivity contribution < 1.29 is 18.9 Å². The van der Waals surface area contributed by atoms with Crippen LogP contribution < -0.4 is 0 Å². The van der Waals surface area contributed by atoms with Crippen LogP contribution in [-0.4, -0.2) is 37.5 Å². The summed E-state index contributed by atoms with van der Waals surface area (Å²) >= 11 is 0. The van der Waals surface area contributed by atoms with E-state index in [4.69, 9.17) is 18.9 Å². The van der Waals surface area contributed by atoms with Crippen LogP contribution >= 0.6 is 0 Å². The summed E-state index contributed by atoms with van der Waals surface area (Å²) in [7, 11) is 1.62. The molecular weight excluding hydrogens is 172 g/mol. The zero-order valence-electron chi connectivity index (χ0n) is 8.44. The monoisotopic (exact) mass is 188 g/mol. The van der Waals surface area contributed by atoms with E-state index in [1.54, 1.807) is 7.11 Å². The lowest BCUT2D eigenvalue weighted by Gasteiger charge is -2.22. The summed E-state index contributed by atoms with van der Waals surface area (Å²) in [5.74, 6) is -0.510. The van der Waals surface area contributed by atoms with Crippen molar-refractivity contribution in [3.05, 3.63) is 0 Å². The minimum atomic E-state index is -0.510. The number of hydrogen-bond donors (Lipinski definition) is 0. The van der Waals surface area contributed by atoms with Crippen LogP contribution in [0.25, 0.3) is 0 Å². The molecule has 0 aliphatic carbocycles. The highest BCUT2D eigenvalue weighted by atomic mass is 16.8. The van der Waals surface area contributed by atoms with Crippen molar-refractivity contribution in [2.24, 2.45) is 0 Å². The molecule has 0 saturated carbocycles. The maximum Gasteiger partial charge on any atom is 0.186 e. The normalized spacial score (nSPS) is 48.0. The van der Waals surface area contributed by atoms with Crippen LogP contribution in [0.2, 0.25) is 0 Å². The Kier molecular flexibility index (Phi) is 2.11. The van der Waals surface area contributed by atoms with Gasteiger partial charge in [0.1, 0.15) is 12.2 Å². The van der Waals surface area contributed by atoms with E-state index in [0.717, 1.165) is 0 Å². The Morgan fingerprint density at radius 2 is 1.77 bits per heavy atom. The van der Waals surface area contributed by atoms with Gasteiger partial charge in [-0.05, 0) is 20.8 Å². The first-order chi connectivity index (χ1) is 6.03. The highest BCUT2D eigenvalue weighted by Gasteiger charge is 2.53. The summed E-state index contributed by atoms with van der Waals surface area (Å²) in [5, 5.41) is 0. The molecule has 2 aliphatic rings. The topological polar surface area (TPSA) is 36.9 Å². The van der Waals surface area contributed by atoms with Gasteiger partial charge in [0.2, 0.25) is 0 Å². The number of rotatable bonds is 1. The van der Waals surface area contributed by atoms with Gasteiger partial charge in [0.05, 0.1) is 6.10 Å². The molecule has 4 atom stereocenters. The Balaban J connectivity index is 2.12. The molecule has 13 heavy (non-hydrogen) atoms. The Morgan fingerprint density at radius 3 is 2.38 bits per heavy atom. The lowest BCUT2D eigenvalue weighted by molar-refractivity contribution is -0.224. The van der Waals surface area contributed by atoms with Gasteiger partial charge >= 0.3 is 0 Å². The van der Waals surface area contributed by atoms with Gasteiger partial charge < -0.3 is 18.9 Å². The third-order valence-corrected chi connectivity index (χ3v) is 2.48. The highest BCUT2D eigenvalue weighted by Crippen LogP contribution is 2.38. The molecule has 4 heteroatoms. The second-order valence-electron chi connectivity index (χ2n) is 4.01. The van der Waals surface area contributed by atoms with E-state index in [9.17, 15) is 0 Å². The number of fused-ring (bicyclic) bond motifs is 1. The second-order valence-corrected chi connectivity index (χ2v) is 4.01. The van der Waals surface area contributed by atoms with Gasteiger partial charge in [0.25, 0.3) is 0 Å². The predicted molar refractivity (Wildman–Crippen MR) is 45.2 cm³/mol. The van der Waals surface area contributed by atoms with Crippen LogP contribution in [0, 0.1) is 0 Å². The fourth-order valence-electron chi connectivity index (χ4n) is 1.95. The molecule has 0 spiro atoms. The summed E-state index contributed by atoms with van der Waals surface area (Å²) in [6, 6.07) is 0. The van der Waals surface area contributed by atoms with Crippen LogP contribution in [0.3, 0.4) is 0 Å². The van der Waals surface area contributed by atoms with Gasteiger partial charge in [-0.1, -0.05) is 0 Å². The number of hydrogen-bond acceptors (Lipinski definition) is 4. The van der Waals surface area contributed by atoms with Crippen molar-refractivity contribution in [1.82, 2.24) is 0 Å². The van der Waals surface area contributed by atoms with Crippen LogP contribution in [0.1, 0.15) is 20.8 Å². The standard InChI is InChI=1S/C9H16O4/c1-5-6-7(8(10-4)11-5)13-9(2,3)12-6/h5-8H,1-4H3/t5-,6+,7?,8-/m1/s1. The van der Waals surface area contributed by atoms with E-state index in [-0.39, 0.29) is 24.6 Å². The van der Waals surface area contributed by atoms with E-state index in [2.05, 4.69) is 0 Å². The highest BCUT2D eigenvalue weighted by molar-refractivity contribution is 4.93. The quantitative estimate of drug-likeness (QED) is 0.612. The summed E-state index contributed by atoms with van der Waals surface area (Å²) in [6.45, 7) is 5.79. The van der Waals surface area contributed by atoms with Gasteiger partial charge in [-0.15, -0.1) is 0 Å². The van der Waals surface area contributed by atoms with Crippen LogP contribution in [0.15, 0.2) is 0 Å². The van der Waals surface area contributed by atoms with Crippen molar-refractivity contribution in [3.63, 3.8) is 0 Å². The Labute approximate surface area is 78.1 Å². The molecule has 2 heterocycles. The molecule has 2 aliphatic heterocycles. The fraction of sp³-hybridized carbons (Fsp3) is 1.00. The molecule has 0 aromatic heterocycles. The Morgan fingerprint density at radius 1 is 1.15 bits per heavy atom. The Hall–Kier alpha value is -0.160. The minimum absolute atomic E-state index is 0.0000463. The van der Waals surface area contributed by atoms with E-state index in [1.807, 2.05) is 20.8 Å². The largest absolute Gasteiger partial charge is 0.353 e. The molecule has 4 nitrogen and oxygen atoms in total. The molecular formula is C9H16O4. The Bertz CT molecular complexity index is 204. The molecule has 1 unspecified atom stereocenters. The van der Waals surface area contributed by atoms with Gasteiger partial charge in [-0.3, -0.25) is 0 Å². The van der Waals surface area contributed by atoms with Crippen LogP contribution in [0.4, 0.5) is 0 Å². The number of ether oxygens (including phenoxy) is 4. The predicted octanol–water partition coefficient (Wildman–Crippen LogP) is 0.898. The van der Waals surface area contributed by atoms with Gasteiger partial charge in [0.15, 0.2) is 12.1 Å². The lowest BCUT2D eigenvalue weighted by Crippen LogP contribution is -2.30. The van der Waals surface area contributed by atoms with E-state index in [1.165, 1.54) is 0 Å². The molecule has 2 rings (SSSR count). The first-order valence-corrected chi connectivity index (χ1v) is 4.57. The van der Waals surface area contributed by atoms with Crippen molar-refractivity contribution >= 4 is 0 Å². The molecule has 2 saturated heterocycles. The molecule has 0 bridgehead atoms. The third-order valence-electron chi connectivity index (χ3n) is 2.48. The van der Waals surface area contributed by atoms with E-state index < -0.39 is 5.79 Å². The smallest absolute Gasteiger partial charge is 0.186 e. The molecule has 0 amide bonds. The zero-order chi connectivity index (χ0) is 9.64. The first kappa shape index (κ1) is 9.40. The zero-order valence-corrected chi connectivity index (χ0v) is 8.44. The SMILES string of the molecule is CO[C@@H]1O[C@H](C)[C@@H]2OC(C)(C)OC12. The third kappa shape index (κ3) is 1.48. The summed E-state index contributed by atoms with van der Waals surface area (Å²) in [5.41, 5.74) is 0.